The number of azo groups is 1. The van der Waals surface area contributed by atoms with Gasteiger partial charge in [-0.25, -0.2) is 0 Å². The number of nitrogens with zero attached hydrogens (tertiary/aromatic N) is 2. The summed E-state index contributed by atoms with van der Waals surface area (Å²) in [4.78, 5) is 13.0. The molecule has 82 valence electrons. The third-order valence-corrected chi connectivity index (χ3v) is 2.07. The van der Waals surface area contributed by atoms with Crippen LogP contribution in [0.5, 0.6) is 11.8 Å². The number of H-pyrrole nitrogens is 1. The van der Waals surface area contributed by atoms with E-state index < -0.39 is 5.91 Å². The molecule has 0 aliphatic carbocycles. The molecule has 0 aliphatic heterocycles. The van der Waals surface area contributed by atoms with Crippen molar-refractivity contribution in [2.45, 2.75) is 6.92 Å². The minimum atomic E-state index is -0.434. The predicted octanol–water partition coefficient (Wildman–Crippen LogP) is 2.21. The Hall–Kier alpha value is -2.37. The van der Waals surface area contributed by atoms with Crippen molar-refractivity contribution >= 4 is 22.4 Å². The summed E-state index contributed by atoms with van der Waals surface area (Å²) in [6.07, 6.45) is 0. The number of benzene rings is 1. The van der Waals surface area contributed by atoms with E-state index in [1.807, 2.05) is 0 Å². The first-order valence-corrected chi connectivity index (χ1v) is 4.54. The summed E-state index contributed by atoms with van der Waals surface area (Å²) in [7, 11) is 0. The number of aromatic nitrogens is 1. The van der Waals surface area contributed by atoms with Crippen molar-refractivity contribution in [2.75, 3.05) is 0 Å². The van der Waals surface area contributed by atoms with Crippen LogP contribution in [0.2, 0.25) is 0 Å². The highest BCUT2D eigenvalue weighted by Gasteiger charge is 2.12. The Morgan fingerprint density at radius 3 is 2.75 bits per heavy atom. The molecule has 2 aromatic rings. The Balaban J connectivity index is 2.66. The summed E-state index contributed by atoms with van der Waals surface area (Å²) in [5, 5.41) is 26.8. The van der Waals surface area contributed by atoms with Crippen LogP contribution in [-0.4, -0.2) is 21.1 Å². The summed E-state index contributed by atoms with van der Waals surface area (Å²) in [5.74, 6) is -0.783. The fraction of sp³-hybridized carbons (Fsp3) is 0.100. The maximum atomic E-state index is 10.7. The second kappa shape index (κ2) is 3.65. The first-order valence-electron chi connectivity index (χ1n) is 4.54. The molecular formula is C10H9N3O3. The van der Waals surface area contributed by atoms with Crippen molar-refractivity contribution in [3.8, 4) is 11.8 Å². The van der Waals surface area contributed by atoms with Gasteiger partial charge in [0.2, 0.25) is 5.88 Å². The fourth-order valence-corrected chi connectivity index (χ4v) is 1.44. The monoisotopic (exact) mass is 219 g/mol. The summed E-state index contributed by atoms with van der Waals surface area (Å²) in [5.41, 5.74) is 0.321. The summed E-state index contributed by atoms with van der Waals surface area (Å²) < 4.78 is 0. The predicted molar refractivity (Wildman–Crippen MR) is 56.8 cm³/mol. The Bertz CT molecular complexity index is 586. The van der Waals surface area contributed by atoms with Crippen LogP contribution in [0.15, 0.2) is 28.4 Å². The molecule has 0 atom stereocenters. The van der Waals surface area contributed by atoms with Gasteiger partial charge < -0.3 is 10.2 Å². The topological polar surface area (TPSA) is 98.0 Å². The number of fused-ring (bicyclic) bond motifs is 1. The molecule has 6 nitrogen and oxygen atoms in total. The van der Waals surface area contributed by atoms with Crippen LogP contribution in [0.4, 0.5) is 5.69 Å². The number of hydrogen-bond donors (Lipinski definition) is 3. The highest BCUT2D eigenvalue weighted by molar-refractivity contribution is 6.00. The molecule has 3 N–H and O–H groups in total. The lowest BCUT2D eigenvalue weighted by Crippen LogP contribution is -1.78. The van der Waals surface area contributed by atoms with E-state index in [4.69, 9.17) is 0 Å². The Kier molecular flexibility index (Phi) is 2.32. The molecule has 0 saturated heterocycles. The second-order valence-electron chi connectivity index (χ2n) is 3.24. The third kappa shape index (κ3) is 1.60. The van der Waals surface area contributed by atoms with E-state index in [0.29, 0.717) is 16.5 Å². The number of aromatic amines is 1. The van der Waals surface area contributed by atoms with Crippen LogP contribution >= 0.6 is 0 Å². The number of carbonyl (C=O) groups is 1. The maximum Gasteiger partial charge on any atom is 0.261 e. The van der Waals surface area contributed by atoms with Gasteiger partial charge in [-0.05, 0) is 12.1 Å². The van der Waals surface area contributed by atoms with Crippen molar-refractivity contribution in [3.63, 3.8) is 0 Å². The van der Waals surface area contributed by atoms with Crippen LogP contribution in [0, 0.1) is 0 Å². The molecule has 1 amide bonds. The minimum Gasteiger partial charge on any atom is -0.494 e. The first kappa shape index (κ1) is 10.2. The number of nitrogens with one attached hydrogen (secondary N) is 1. The first-order chi connectivity index (χ1) is 7.59. The number of amides is 1. The lowest BCUT2D eigenvalue weighted by molar-refractivity contribution is -0.116. The Labute approximate surface area is 90.2 Å². The van der Waals surface area contributed by atoms with E-state index in [-0.39, 0.29) is 11.8 Å². The highest BCUT2D eigenvalue weighted by atomic mass is 16.3. The van der Waals surface area contributed by atoms with Gasteiger partial charge in [-0.15, -0.1) is 10.2 Å². The molecule has 2 rings (SSSR count). The van der Waals surface area contributed by atoms with E-state index in [0.717, 1.165) is 0 Å². The van der Waals surface area contributed by atoms with Crippen LogP contribution < -0.4 is 0 Å². The third-order valence-electron chi connectivity index (χ3n) is 2.07. The second-order valence-corrected chi connectivity index (χ2v) is 3.24. The van der Waals surface area contributed by atoms with E-state index in [9.17, 15) is 15.0 Å². The average molecular weight is 219 g/mol. The summed E-state index contributed by atoms with van der Waals surface area (Å²) >= 11 is 0. The van der Waals surface area contributed by atoms with Gasteiger partial charge in [0.05, 0.1) is 11.1 Å². The Morgan fingerprint density at radius 2 is 2.06 bits per heavy atom. The van der Waals surface area contributed by atoms with E-state index in [1.165, 1.54) is 6.92 Å². The molecule has 0 saturated carbocycles. The lowest BCUT2D eigenvalue weighted by atomic mass is 10.2. The molecule has 0 radical (unpaired) electrons. The molecule has 0 unspecified atom stereocenters. The quantitative estimate of drug-likeness (QED) is 0.641. The van der Waals surface area contributed by atoms with Crippen LogP contribution in [0.1, 0.15) is 6.92 Å². The zero-order valence-corrected chi connectivity index (χ0v) is 8.43. The smallest absolute Gasteiger partial charge is 0.261 e. The molecule has 0 spiro atoms. The van der Waals surface area contributed by atoms with Gasteiger partial charge in [0.25, 0.3) is 5.91 Å². The van der Waals surface area contributed by atoms with Crippen molar-refractivity contribution in [2.24, 2.45) is 10.2 Å². The van der Waals surface area contributed by atoms with Crippen LogP contribution in [0.3, 0.4) is 0 Å². The number of hydrogen-bond acceptors (Lipinski definition) is 4. The van der Waals surface area contributed by atoms with Crippen molar-refractivity contribution in [1.29, 1.82) is 0 Å². The Morgan fingerprint density at radius 1 is 1.31 bits per heavy atom. The van der Waals surface area contributed by atoms with E-state index >= 15 is 0 Å². The highest BCUT2D eigenvalue weighted by Crippen LogP contribution is 2.38. The van der Waals surface area contributed by atoms with E-state index in [2.05, 4.69) is 15.2 Å². The van der Waals surface area contributed by atoms with Crippen molar-refractivity contribution < 1.29 is 15.0 Å². The van der Waals surface area contributed by atoms with Crippen molar-refractivity contribution in [3.05, 3.63) is 18.2 Å². The zero-order chi connectivity index (χ0) is 11.7. The number of aromatic hydroxyl groups is 2. The fourth-order valence-electron chi connectivity index (χ4n) is 1.44. The van der Waals surface area contributed by atoms with Crippen LogP contribution in [-0.2, 0) is 4.79 Å². The van der Waals surface area contributed by atoms with Gasteiger partial charge >= 0.3 is 0 Å². The maximum absolute atomic E-state index is 10.7. The summed E-state index contributed by atoms with van der Waals surface area (Å²) in [6.45, 7) is 1.28. The molecular weight excluding hydrogens is 210 g/mol. The largest absolute Gasteiger partial charge is 0.494 e. The lowest BCUT2D eigenvalue weighted by Gasteiger charge is -1.95. The molecule has 0 bridgehead atoms. The normalized spacial score (nSPS) is 11.3. The van der Waals surface area contributed by atoms with Gasteiger partial charge in [0.15, 0.2) is 5.88 Å². The zero-order valence-electron chi connectivity index (χ0n) is 8.43. The molecule has 1 aromatic heterocycles. The SMILES string of the molecule is CC(=O)N=Nc1cccc2c(O)[nH]c(O)c12. The van der Waals surface area contributed by atoms with Gasteiger partial charge in [-0.2, -0.15) is 0 Å². The minimum absolute atomic E-state index is 0.146. The van der Waals surface area contributed by atoms with Crippen LogP contribution in [0.25, 0.3) is 10.8 Å². The number of carbonyl (C=O) groups excluding carboxylic acids is 1. The molecule has 0 aliphatic rings. The molecule has 16 heavy (non-hydrogen) atoms. The standard InChI is InChI=1S/C10H9N3O3/c1-5(14)12-13-7-4-2-3-6-8(7)10(16)11-9(6)15/h2-4,11,15-16H,1H3. The van der Waals surface area contributed by atoms with Gasteiger partial charge in [-0.1, -0.05) is 6.07 Å². The molecule has 6 heteroatoms. The summed E-state index contributed by atoms with van der Waals surface area (Å²) in [6, 6.07) is 4.85. The van der Waals surface area contributed by atoms with Crippen molar-refractivity contribution in [1.82, 2.24) is 4.98 Å². The van der Waals surface area contributed by atoms with Gasteiger partial charge in [0, 0.05) is 12.3 Å². The average Bonchev–Trinajstić information content (AvgIpc) is 2.52. The molecule has 1 aromatic carbocycles. The number of rotatable bonds is 1. The van der Waals surface area contributed by atoms with Gasteiger partial charge in [0.1, 0.15) is 0 Å². The van der Waals surface area contributed by atoms with E-state index in [1.54, 1.807) is 18.2 Å². The molecule has 1 heterocycles. The van der Waals surface area contributed by atoms with Gasteiger partial charge in [-0.3, -0.25) is 9.78 Å². The molecule has 0 fully saturated rings.